The third-order valence-electron chi connectivity index (χ3n) is 2.43. The number of rotatable bonds is 4. The Labute approximate surface area is 103 Å². The van der Waals surface area contributed by atoms with E-state index < -0.39 is 5.97 Å². The molecule has 0 spiro atoms. The number of hydrogen-bond acceptors (Lipinski definition) is 4. The number of carboxylic acid groups (broad SMARTS) is 1. The quantitative estimate of drug-likeness (QED) is 0.905. The highest BCUT2D eigenvalue weighted by Crippen LogP contribution is 2.31. The highest BCUT2D eigenvalue weighted by Gasteiger charge is 2.19. The smallest absolute Gasteiger partial charge is 0.347 e. The number of aromatic carboxylic acids is 1. The van der Waals surface area contributed by atoms with Gasteiger partial charge in [-0.1, -0.05) is 13.3 Å². The largest absolute Gasteiger partial charge is 0.477 e. The fourth-order valence-electron chi connectivity index (χ4n) is 1.61. The maximum Gasteiger partial charge on any atom is 0.347 e. The molecule has 2 aromatic heterocycles. The zero-order valence-corrected chi connectivity index (χ0v) is 10.5. The Balaban J connectivity index is 2.47. The summed E-state index contributed by atoms with van der Waals surface area (Å²) in [7, 11) is 0. The molecule has 4 nitrogen and oxygen atoms in total. The number of carboxylic acids is 1. The maximum absolute atomic E-state index is 11.1. The molecular formula is C12H13NO3S. The lowest BCUT2D eigenvalue weighted by atomic mass is 10.2. The summed E-state index contributed by atoms with van der Waals surface area (Å²) in [6, 6.07) is 1.84. The molecule has 0 atom stereocenters. The first-order valence-corrected chi connectivity index (χ1v) is 6.22. The Morgan fingerprint density at radius 1 is 1.59 bits per heavy atom. The molecule has 90 valence electrons. The van der Waals surface area contributed by atoms with Gasteiger partial charge in [-0.3, -0.25) is 0 Å². The van der Waals surface area contributed by atoms with Crippen LogP contribution < -0.4 is 0 Å². The fraction of sp³-hybridized carbons (Fsp3) is 0.333. The molecule has 0 aliphatic carbocycles. The molecule has 0 saturated carbocycles. The van der Waals surface area contributed by atoms with Crippen molar-refractivity contribution in [1.82, 2.24) is 4.98 Å². The van der Waals surface area contributed by atoms with Gasteiger partial charge in [-0.25, -0.2) is 9.78 Å². The first-order valence-electron chi connectivity index (χ1n) is 5.41. The van der Waals surface area contributed by atoms with Gasteiger partial charge in [-0.15, -0.1) is 11.3 Å². The molecule has 0 saturated heterocycles. The van der Waals surface area contributed by atoms with E-state index in [4.69, 9.17) is 9.52 Å². The van der Waals surface area contributed by atoms with Crippen molar-refractivity contribution in [3.8, 4) is 10.8 Å². The average molecular weight is 251 g/mol. The van der Waals surface area contributed by atoms with Gasteiger partial charge in [-0.05, 0) is 25.0 Å². The molecule has 2 aromatic rings. The minimum absolute atomic E-state index is 0.317. The Hall–Kier alpha value is -1.62. The average Bonchev–Trinajstić information content (AvgIpc) is 2.84. The van der Waals surface area contributed by atoms with Crippen molar-refractivity contribution in [2.75, 3.05) is 0 Å². The predicted octanol–water partition coefficient (Wildman–Crippen LogP) is 3.36. The number of nitrogens with zero attached hydrogens (tertiary/aromatic N) is 1. The van der Waals surface area contributed by atoms with Crippen molar-refractivity contribution in [2.45, 2.75) is 26.7 Å². The summed E-state index contributed by atoms with van der Waals surface area (Å²) >= 11 is 1.18. The first-order chi connectivity index (χ1) is 8.13. The molecule has 0 fully saturated rings. The van der Waals surface area contributed by atoms with E-state index >= 15 is 0 Å². The molecular weight excluding hydrogens is 238 g/mol. The van der Waals surface area contributed by atoms with Crippen LogP contribution in [0.3, 0.4) is 0 Å². The number of aryl methyl sites for hydroxylation is 2. The molecule has 0 bridgehead atoms. The van der Waals surface area contributed by atoms with E-state index in [0.29, 0.717) is 27.8 Å². The van der Waals surface area contributed by atoms with E-state index in [1.54, 1.807) is 6.26 Å². The second-order valence-corrected chi connectivity index (χ2v) is 4.78. The third kappa shape index (κ3) is 2.24. The van der Waals surface area contributed by atoms with Crippen molar-refractivity contribution in [2.24, 2.45) is 0 Å². The summed E-state index contributed by atoms with van der Waals surface area (Å²) in [5, 5.41) is 9.76. The van der Waals surface area contributed by atoms with Crippen LogP contribution in [0.5, 0.6) is 0 Å². The van der Waals surface area contributed by atoms with Crippen molar-refractivity contribution >= 4 is 17.3 Å². The number of furan rings is 1. The van der Waals surface area contributed by atoms with Gasteiger partial charge in [-0.2, -0.15) is 0 Å². The predicted molar refractivity (Wildman–Crippen MR) is 65.5 cm³/mol. The van der Waals surface area contributed by atoms with E-state index in [0.717, 1.165) is 12.0 Å². The highest BCUT2D eigenvalue weighted by molar-refractivity contribution is 7.17. The maximum atomic E-state index is 11.1. The van der Waals surface area contributed by atoms with E-state index in [2.05, 4.69) is 4.98 Å². The standard InChI is InChI=1S/C12H13NO3S/c1-3-4-8-10(12(14)15)17-11(13-8)9-7(2)5-6-16-9/h5-6H,3-4H2,1-2H3,(H,14,15). The van der Waals surface area contributed by atoms with Crippen LogP contribution in [0.1, 0.15) is 34.3 Å². The van der Waals surface area contributed by atoms with Crippen LogP contribution in [0.2, 0.25) is 0 Å². The summed E-state index contributed by atoms with van der Waals surface area (Å²) in [5.41, 5.74) is 1.62. The van der Waals surface area contributed by atoms with Crippen LogP contribution in [0.25, 0.3) is 10.8 Å². The van der Waals surface area contributed by atoms with Crippen molar-refractivity contribution in [1.29, 1.82) is 0 Å². The second-order valence-electron chi connectivity index (χ2n) is 3.78. The van der Waals surface area contributed by atoms with Gasteiger partial charge in [0.1, 0.15) is 4.88 Å². The Morgan fingerprint density at radius 3 is 2.88 bits per heavy atom. The number of aromatic nitrogens is 1. The lowest BCUT2D eigenvalue weighted by Gasteiger charge is -1.93. The van der Waals surface area contributed by atoms with Gasteiger partial charge in [0, 0.05) is 0 Å². The summed E-state index contributed by atoms with van der Waals surface area (Å²) in [6.07, 6.45) is 3.14. The van der Waals surface area contributed by atoms with Crippen molar-refractivity contribution in [3.63, 3.8) is 0 Å². The lowest BCUT2D eigenvalue weighted by Crippen LogP contribution is -1.98. The van der Waals surface area contributed by atoms with Gasteiger partial charge < -0.3 is 9.52 Å². The van der Waals surface area contributed by atoms with Gasteiger partial charge in [0.15, 0.2) is 10.8 Å². The van der Waals surface area contributed by atoms with Crippen LogP contribution in [0.4, 0.5) is 0 Å². The van der Waals surface area contributed by atoms with Crippen LogP contribution in [-0.2, 0) is 6.42 Å². The number of thiazole rings is 1. The molecule has 0 amide bonds. The minimum atomic E-state index is -0.915. The van der Waals surface area contributed by atoms with Crippen LogP contribution in [-0.4, -0.2) is 16.1 Å². The highest BCUT2D eigenvalue weighted by atomic mass is 32.1. The lowest BCUT2D eigenvalue weighted by molar-refractivity contribution is 0.0700. The van der Waals surface area contributed by atoms with Crippen LogP contribution in [0, 0.1) is 6.92 Å². The number of carbonyl (C=O) groups is 1. The van der Waals surface area contributed by atoms with Gasteiger partial charge in [0.05, 0.1) is 12.0 Å². The molecule has 0 unspecified atom stereocenters. The van der Waals surface area contributed by atoms with Crippen LogP contribution in [0.15, 0.2) is 16.7 Å². The molecule has 1 N–H and O–H groups in total. The van der Waals surface area contributed by atoms with Gasteiger partial charge in [0.25, 0.3) is 0 Å². The molecule has 17 heavy (non-hydrogen) atoms. The zero-order chi connectivity index (χ0) is 12.4. The Kier molecular flexibility index (Phi) is 3.28. The summed E-state index contributed by atoms with van der Waals surface area (Å²) in [6.45, 7) is 3.92. The molecule has 0 aromatic carbocycles. The zero-order valence-electron chi connectivity index (χ0n) is 9.69. The minimum Gasteiger partial charge on any atom is -0.477 e. The van der Waals surface area contributed by atoms with Gasteiger partial charge in [0.2, 0.25) is 0 Å². The summed E-state index contributed by atoms with van der Waals surface area (Å²) < 4.78 is 5.33. The second kappa shape index (κ2) is 4.71. The Bertz CT molecular complexity index is 542. The molecule has 2 rings (SSSR count). The third-order valence-corrected chi connectivity index (χ3v) is 3.52. The van der Waals surface area contributed by atoms with E-state index in [9.17, 15) is 4.79 Å². The fourth-order valence-corrected chi connectivity index (χ4v) is 2.62. The monoisotopic (exact) mass is 251 g/mol. The van der Waals surface area contributed by atoms with Crippen molar-refractivity contribution < 1.29 is 14.3 Å². The molecule has 0 radical (unpaired) electrons. The first kappa shape index (κ1) is 11.9. The summed E-state index contributed by atoms with van der Waals surface area (Å²) in [5.74, 6) is -0.249. The SMILES string of the molecule is CCCc1nc(-c2occc2C)sc1C(=O)O. The van der Waals surface area contributed by atoms with E-state index in [1.807, 2.05) is 19.9 Å². The van der Waals surface area contributed by atoms with E-state index in [-0.39, 0.29) is 0 Å². The van der Waals surface area contributed by atoms with Crippen molar-refractivity contribution in [3.05, 3.63) is 28.5 Å². The van der Waals surface area contributed by atoms with E-state index in [1.165, 1.54) is 11.3 Å². The van der Waals surface area contributed by atoms with Gasteiger partial charge >= 0.3 is 5.97 Å². The normalized spacial score (nSPS) is 10.7. The summed E-state index contributed by atoms with van der Waals surface area (Å²) in [4.78, 5) is 15.8. The molecule has 5 heteroatoms. The Morgan fingerprint density at radius 2 is 2.35 bits per heavy atom. The number of hydrogen-bond donors (Lipinski definition) is 1. The molecule has 2 heterocycles. The van der Waals surface area contributed by atoms with Crippen LogP contribution >= 0.6 is 11.3 Å². The molecule has 0 aliphatic rings. The molecule has 0 aliphatic heterocycles. The topological polar surface area (TPSA) is 63.3 Å².